The van der Waals surface area contributed by atoms with Crippen molar-refractivity contribution in [2.75, 3.05) is 69.7 Å². The molecule has 0 bridgehead atoms. The van der Waals surface area contributed by atoms with Gasteiger partial charge >= 0.3 is 11.9 Å². The summed E-state index contributed by atoms with van der Waals surface area (Å²) in [7, 11) is 4.08. The highest BCUT2D eigenvalue weighted by Crippen LogP contribution is 2.32. The minimum Gasteiger partial charge on any atom is -0.473 e. The fraction of sp³-hybridized carbons (Fsp3) is 0.429. The van der Waals surface area contributed by atoms with E-state index in [4.69, 9.17) is 19.8 Å². The number of carboxylic acid groups (broad SMARTS) is 2. The van der Waals surface area contributed by atoms with E-state index in [0.29, 0.717) is 18.5 Å². The molecule has 2 heterocycles. The van der Waals surface area contributed by atoms with Crippen molar-refractivity contribution in [3.63, 3.8) is 0 Å². The third-order valence-corrected chi connectivity index (χ3v) is 6.74. The van der Waals surface area contributed by atoms with E-state index >= 15 is 0 Å². The predicted molar refractivity (Wildman–Crippen MR) is 145 cm³/mol. The third kappa shape index (κ3) is 7.62. The largest absolute Gasteiger partial charge is 0.473 e. The van der Waals surface area contributed by atoms with E-state index < -0.39 is 17.9 Å². The predicted octanol–water partition coefficient (Wildman–Crippen LogP) is 2.15. The van der Waals surface area contributed by atoms with Crippen LogP contribution in [-0.4, -0.2) is 104 Å². The van der Waals surface area contributed by atoms with Gasteiger partial charge in [0.15, 0.2) is 5.78 Å². The summed E-state index contributed by atoms with van der Waals surface area (Å²) in [6.45, 7) is 6.18. The van der Waals surface area contributed by atoms with E-state index in [1.54, 1.807) is 0 Å². The van der Waals surface area contributed by atoms with E-state index in [9.17, 15) is 9.59 Å². The Kier molecular flexibility index (Phi) is 10.4. The number of benzene rings is 2. The zero-order valence-corrected chi connectivity index (χ0v) is 22.0. The highest BCUT2D eigenvalue weighted by Gasteiger charge is 2.39. The number of piperazine rings is 1. The number of ketones is 1. The summed E-state index contributed by atoms with van der Waals surface area (Å²) < 4.78 is 0. The number of hydrogen-bond acceptors (Lipinski definition) is 7. The van der Waals surface area contributed by atoms with Crippen molar-refractivity contribution in [1.82, 2.24) is 9.80 Å². The second-order valence-corrected chi connectivity index (χ2v) is 9.64. The fourth-order valence-corrected chi connectivity index (χ4v) is 4.73. The van der Waals surface area contributed by atoms with Gasteiger partial charge in [-0.1, -0.05) is 30.3 Å². The van der Waals surface area contributed by atoms with Gasteiger partial charge in [-0.15, -0.1) is 0 Å². The average Bonchev–Trinajstić information content (AvgIpc) is 2.91. The maximum atomic E-state index is 13.3. The molecule has 204 valence electrons. The van der Waals surface area contributed by atoms with Crippen LogP contribution in [0.25, 0.3) is 0 Å². The molecule has 1 unspecified atom stereocenters. The van der Waals surface area contributed by atoms with Crippen molar-refractivity contribution in [2.45, 2.75) is 12.8 Å². The molecule has 0 aliphatic carbocycles. The van der Waals surface area contributed by atoms with Gasteiger partial charge in [0.05, 0.1) is 5.69 Å². The summed E-state index contributed by atoms with van der Waals surface area (Å²) in [6, 6.07) is 18.1. The number of carbonyl (C=O) groups excluding carboxylic acids is 2. The molecular weight excluding hydrogens is 488 g/mol. The average molecular weight is 525 g/mol. The van der Waals surface area contributed by atoms with E-state index in [0.717, 1.165) is 51.4 Å². The van der Waals surface area contributed by atoms with E-state index in [1.165, 1.54) is 5.69 Å². The summed E-state index contributed by atoms with van der Waals surface area (Å²) in [5.41, 5.74) is 2.72. The lowest BCUT2D eigenvalue weighted by atomic mass is 9.87. The number of carbonyl (C=O) groups is 4. The van der Waals surface area contributed by atoms with Crippen LogP contribution in [0, 0.1) is 5.92 Å². The van der Waals surface area contributed by atoms with Gasteiger partial charge in [-0.2, -0.15) is 0 Å². The molecule has 4 rings (SSSR count). The zero-order chi connectivity index (χ0) is 27.7. The summed E-state index contributed by atoms with van der Waals surface area (Å²) in [4.78, 5) is 53.5. The minimum atomic E-state index is -1.82. The number of anilines is 2. The Hall–Kier alpha value is -3.76. The Bertz CT molecular complexity index is 1100. The number of nitrogens with zero attached hydrogens (tertiary/aromatic N) is 4. The van der Waals surface area contributed by atoms with Gasteiger partial charge in [-0.25, -0.2) is 9.59 Å². The molecule has 1 amide bonds. The molecule has 2 aromatic rings. The molecule has 1 fully saturated rings. The normalized spacial score (nSPS) is 17.6. The van der Waals surface area contributed by atoms with Gasteiger partial charge in [-0.3, -0.25) is 14.5 Å². The van der Waals surface area contributed by atoms with Crippen LogP contribution in [0.3, 0.4) is 0 Å². The Morgan fingerprint density at radius 1 is 0.868 bits per heavy atom. The van der Waals surface area contributed by atoms with Gasteiger partial charge in [0, 0.05) is 44.0 Å². The van der Waals surface area contributed by atoms with Crippen molar-refractivity contribution < 1.29 is 29.4 Å². The van der Waals surface area contributed by atoms with Crippen LogP contribution >= 0.6 is 0 Å². The van der Waals surface area contributed by atoms with Gasteiger partial charge < -0.3 is 24.9 Å². The standard InChI is InChI=1S/C26H34N4O2.C2H2O4/c1-27(2)14-8-15-30-24-12-7-6-11-22(24)25(31)23(26(30)32)13-16-28-17-19-29(20-18-28)21-9-4-3-5-10-21;3-1(4)2(5)6/h3-7,9-12,23H,8,13-20H2,1-2H3;(H,3,4)(H,5,6). The van der Waals surface area contributed by atoms with Crippen molar-refractivity contribution >= 4 is 35.0 Å². The molecule has 2 aliphatic heterocycles. The summed E-state index contributed by atoms with van der Waals surface area (Å²) in [5.74, 6) is -4.27. The maximum Gasteiger partial charge on any atom is 0.414 e. The molecule has 0 spiro atoms. The molecule has 0 saturated carbocycles. The Balaban J connectivity index is 0.000000599. The number of para-hydroxylation sites is 2. The molecular formula is C28H36N4O6. The number of fused-ring (bicyclic) bond motifs is 1. The number of carboxylic acids is 2. The zero-order valence-electron chi connectivity index (χ0n) is 22.0. The minimum absolute atomic E-state index is 0.0163. The summed E-state index contributed by atoms with van der Waals surface area (Å²) >= 11 is 0. The Morgan fingerprint density at radius 2 is 1.47 bits per heavy atom. The number of amides is 1. The smallest absolute Gasteiger partial charge is 0.414 e. The number of rotatable bonds is 8. The van der Waals surface area contributed by atoms with Gasteiger partial charge in [-0.05, 0) is 64.3 Å². The van der Waals surface area contributed by atoms with Crippen molar-refractivity contribution in [3.8, 4) is 0 Å². The van der Waals surface area contributed by atoms with Crippen LogP contribution in [0.5, 0.6) is 0 Å². The number of aliphatic carboxylic acids is 2. The van der Waals surface area contributed by atoms with Crippen LogP contribution in [0.2, 0.25) is 0 Å². The molecule has 2 aliphatic rings. The van der Waals surface area contributed by atoms with Crippen LogP contribution in [0.4, 0.5) is 11.4 Å². The number of hydrogen-bond donors (Lipinski definition) is 2. The Morgan fingerprint density at radius 3 is 2.08 bits per heavy atom. The fourth-order valence-electron chi connectivity index (χ4n) is 4.73. The number of Topliss-reactive ketones (excluding diaryl/α,β-unsaturated/α-hetero) is 1. The second kappa shape index (κ2) is 13.7. The van der Waals surface area contributed by atoms with E-state index in [1.807, 2.05) is 49.3 Å². The molecule has 38 heavy (non-hydrogen) atoms. The molecule has 0 aromatic heterocycles. The van der Waals surface area contributed by atoms with Crippen LogP contribution in [0.1, 0.15) is 23.2 Å². The SMILES string of the molecule is CN(C)CCCN1C(=O)C(CCN2CCN(c3ccccc3)CC2)C(=O)c2ccccc21.O=C(O)C(=O)O. The van der Waals surface area contributed by atoms with E-state index in [2.05, 4.69) is 39.0 Å². The van der Waals surface area contributed by atoms with E-state index in [-0.39, 0.29) is 11.7 Å². The van der Waals surface area contributed by atoms with Crippen LogP contribution < -0.4 is 9.80 Å². The first-order valence-electron chi connectivity index (χ1n) is 12.8. The first-order valence-corrected chi connectivity index (χ1v) is 12.8. The molecule has 2 N–H and O–H groups in total. The van der Waals surface area contributed by atoms with Gasteiger partial charge in [0.1, 0.15) is 5.92 Å². The molecule has 0 radical (unpaired) electrons. The topological polar surface area (TPSA) is 122 Å². The summed E-state index contributed by atoms with van der Waals surface area (Å²) in [5, 5.41) is 14.8. The van der Waals surface area contributed by atoms with Gasteiger partial charge in [0.25, 0.3) is 0 Å². The monoisotopic (exact) mass is 524 g/mol. The highest BCUT2D eigenvalue weighted by atomic mass is 16.4. The first-order chi connectivity index (χ1) is 18.2. The maximum absolute atomic E-state index is 13.3. The second-order valence-electron chi connectivity index (χ2n) is 9.64. The lowest BCUT2D eigenvalue weighted by Crippen LogP contribution is -2.49. The summed E-state index contributed by atoms with van der Waals surface area (Å²) in [6.07, 6.45) is 1.47. The lowest BCUT2D eigenvalue weighted by Gasteiger charge is -2.37. The molecule has 10 nitrogen and oxygen atoms in total. The Labute approximate surface area is 223 Å². The third-order valence-electron chi connectivity index (χ3n) is 6.74. The quantitative estimate of drug-likeness (QED) is 0.395. The van der Waals surface area contributed by atoms with Crippen molar-refractivity contribution in [3.05, 3.63) is 60.2 Å². The molecule has 1 saturated heterocycles. The molecule has 2 aromatic carbocycles. The van der Waals surface area contributed by atoms with Crippen molar-refractivity contribution in [1.29, 1.82) is 0 Å². The van der Waals surface area contributed by atoms with Crippen molar-refractivity contribution in [2.24, 2.45) is 5.92 Å². The lowest BCUT2D eigenvalue weighted by molar-refractivity contribution is -0.159. The first kappa shape index (κ1) is 28.8. The van der Waals surface area contributed by atoms with Crippen LogP contribution in [0.15, 0.2) is 54.6 Å². The molecule has 1 atom stereocenters. The van der Waals surface area contributed by atoms with Crippen LogP contribution in [-0.2, 0) is 14.4 Å². The molecule has 10 heteroatoms. The van der Waals surface area contributed by atoms with Gasteiger partial charge in [0.2, 0.25) is 5.91 Å². The highest BCUT2D eigenvalue weighted by molar-refractivity contribution is 6.27.